The number of nitro groups is 2. The topological polar surface area (TPSA) is 169 Å². The van der Waals surface area contributed by atoms with Crippen molar-refractivity contribution in [2.75, 3.05) is 11.5 Å². The number of nitrogens with one attached hydrogen (secondary N) is 2. The quantitative estimate of drug-likeness (QED) is 0.162. The fourth-order valence-corrected chi connectivity index (χ4v) is 4.60. The molecule has 0 heterocycles. The summed E-state index contributed by atoms with van der Waals surface area (Å²) < 4.78 is 0. The van der Waals surface area contributed by atoms with E-state index in [0.29, 0.717) is 11.5 Å². The van der Waals surface area contributed by atoms with Crippen molar-refractivity contribution >= 4 is 59.1 Å². The van der Waals surface area contributed by atoms with E-state index in [9.17, 15) is 29.8 Å². The Kier molecular flexibility index (Phi) is 11.8. The number of nitro benzene ring substituents is 2. The second-order valence-corrected chi connectivity index (χ2v) is 10.1. The molecule has 0 saturated heterocycles. The van der Waals surface area contributed by atoms with E-state index in [1.165, 1.54) is 60.2 Å². The average molecular weight is 581 g/mol. The van der Waals surface area contributed by atoms with Gasteiger partial charge in [0.2, 0.25) is 11.8 Å². The van der Waals surface area contributed by atoms with Crippen LogP contribution >= 0.6 is 23.5 Å². The Morgan fingerprint density at radius 1 is 0.650 bits per heavy atom. The van der Waals surface area contributed by atoms with Gasteiger partial charge in [-0.1, -0.05) is 48.5 Å². The van der Waals surface area contributed by atoms with Crippen molar-refractivity contribution < 1.29 is 19.4 Å². The Morgan fingerprint density at radius 3 is 1.32 bits per heavy atom. The molecule has 3 rings (SSSR count). The monoisotopic (exact) mass is 580 g/mol. The second kappa shape index (κ2) is 15.8. The summed E-state index contributed by atoms with van der Waals surface area (Å²) in [5.74, 6) is 0.914. The van der Waals surface area contributed by atoms with Crippen molar-refractivity contribution in [3.8, 4) is 0 Å². The first-order valence-electron chi connectivity index (χ1n) is 11.7. The molecule has 0 aliphatic rings. The van der Waals surface area contributed by atoms with E-state index < -0.39 is 9.85 Å². The van der Waals surface area contributed by atoms with Crippen molar-refractivity contribution in [1.29, 1.82) is 0 Å². The van der Waals surface area contributed by atoms with Crippen LogP contribution in [0.15, 0.2) is 83.0 Å². The maximum atomic E-state index is 12.0. The molecule has 0 aliphatic heterocycles. The molecule has 0 aliphatic carbocycles. The lowest BCUT2D eigenvalue weighted by atomic mass is 10.2. The number of benzene rings is 3. The standard InChI is InChI=1S/C26H24N6O6S2/c33-25(17-39-15-21-5-9-23(10-6-21)31(35)36)29-27-13-19-1-2-20(4-3-19)14-28-30-26(34)18-40-16-22-7-11-24(12-8-22)32(37)38/h1-14H,15-18H2,(H,29,33)(H,30,34). The molecule has 3 aromatic carbocycles. The Labute approximate surface area is 237 Å². The van der Waals surface area contributed by atoms with Crippen molar-refractivity contribution in [3.63, 3.8) is 0 Å². The molecule has 0 atom stereocenters. The van der Waals surface area contributed by atoms with E-state index in [2.05, 4.69) is 21.1 Å². The zero-order valence-corrected chi connectivity index (χ0v) is 22.6. The normalized spacial score (nSPS) is 11.0. The third kappa shape index (κ3) is 10.7. The highest BCUT2D eigenvalue weighted by Crippen LogP contribution is 2.17. The number of carbonyl (C=O) groups is 2. The number of thioether (sulfide) groups is 2. The van der Waals surface area contributed by atoms with Gasteiger partial charge < -0.3 is 0 Å². The molecule has 0 unspecified atom stereocenters. The summed E-state index contributed by atoms with van der Waals surface area (Å²) in [6, 6.07) is 19.5. The van der Waals surface area contributed by atoms with Gasteiger partial charge in [-0.3, -0.25) is 29.8 Å². The van der Waals surface area contributed by atoms with Gasteiger partial charge in [-0.25, -0.2) is 10.9 Å². The number of hydrogen-bond acceptors (Lipinski definition) is 10. The van der Waals surface area contributed by atoms with Crippen LogP contribution in [0.2, 0.25) is 0 Å². The summed E-state index contributed by atoms with van der Waals surface area (Å²) in [7, 11) is 0. The highest BCUT2D eigenvalue weighted by molar-refractivity contribution is 7.99. The van der Waals surface area contributed by atoms with Crippen molar-refractivity contribution in [1.82, 2.24) is 10.9 Å². The third-order valence-electron chi connectivity index (χ3n) is 5.04. The summed E-state index contributed by atoms with van der Waals surface area (Å²) in [4.78, 5) is 44.4. The zero-order valence-electron chi connectivity index (χ0n) is 21.0. The van der Waals surface area contributed by atoms with Crippen LogP contribution in [-0.2, 0) is 21.1 Å². The molecule has 0 aromatic heterocycles. The van der Waals surface area contributed by atoms with Gasteiger partial charge in [-0.05, 0) is 22.3 Å². The third-order valence-corrected chi connectivity index (χ3v) is 7.05. The summed E-state index contributed by atoms with van der Waals surface area (Å²) in [6.45, 7) is 0. The minimum atomic E-state index is -0.458. The number of amides is 2. The molecule has 3 aromatic rings. The first-order chi connectivity index (χ1) is 19.3. The van der Waals surface area contributed by atoms with E-state index >= 15 is 0 Å². The lowest BCUT2D eigenvalue weighted by Crippen LogP contribution is -2.19. The van der Waals surface area contributed by atoms with Crippen LogP contribution in [0.5, 0.6) is 0 Å². The maximum absolute atomic E-state index is 12.0. The minimum Gasteiger partial charge on any atom is -0.272 e. The first-order valence-corrected chi connectivity index (χ1v) is 14.0. The second-order valence-electron chi connectivity index (χ2n) is 8.09. The predicted octanol–water partition coefficient (Wildman–Crippen LogP) is 4.27. The average Bonchev–Trinajstić information content (AvgIpc) is 2.94. The molecular formula is C26H24N6O6S2. The molecule has 206 valence electrons. The molecule has 0 saturated carbocycles. The van der Waals surface area contributed by atoms with Crippen LogP contribution < -0.4 is 10.9 Å². The van der Waals surface area contributed by atoms with Gasteiger partial charge in [-0.15, -0.1) is 23.5 Å². The summed E-state index contributed by atoms with van der Waals surface area (Å²) in [5.41, 5.74) is 8.23. The fourth-order valence-electron chi connectivity index (χ4n) is 3.04. The van der Waals surface area contributed by atoms with Crippen molar-refractivity contribution in [2.24, 2.45) is 10.2 Å². The number of hydrazone groups is 2. The van der Waals surface area contributed by atoms with Gasteiger partial charge in [0.05, 0.1) is 33.8 Å². The van der Waals surface area contributed by atoms with E-state index in [1.807, 2.05) is 0 Å². The molecule has 14 heteroatoms. The Hall–Kier alpha value is -4.56. The SMILES string of the molecule is O=C(CSCc1ccc([N+](=O)[O-])cc1)NN=Cc1ccc(C=NNC(=O)CSCc2ccc([N+](=O)[O-])cc2)cc1. The maximum Gasteiger partial charge on any atom is 0.269 e. The number of rotatable bonds is 14. The Bertz CT molecular complexity index is 1270. The van der Waals surface area contributed by atoms with Gasteiger partial charge >= 0.3 is 0 Å². The highest BCUT2D eigenvalue weighted by Gasteiger charge is 2.06. The van der Waals surface area contributed by atoms with Gasteiger partial charge in [0.15, 0.2) is 0 Å². The number of hydrogen-bond donors (Lipinski definition) is 2. The molecule has 2 amide bonds. The first kappa shape index (κ1) is 30.0. The lowest BCUT2D eigenvalue weighted by Gasteiger charge is -2.02. The number of nitrogens with zero attached hydrogens (tertiary/aromatic N) is 4. The molecule has 0 fully saturated rings. The van der Waals surface area contributed by atoms with E-state index in [4.69, 9.17) is 0 Å². The Morgan fingerprint density at radius 2 is 1.00 bits per heavy atom. The largest absolute Gasteiger partial charge is 0.272 e. The van der Waals surface area contributed by atoms with Gasteiger partial charge in [0, 0.05) is 35.8 Å². The molecule has 0 spiro atoms. The predicted molar refractivity (Wildman–Crippen MR) is 156 cm³/mol. The van der Waals surface area contributed by atoms with Gasteiger partial charge in [0.25, 0.3) is 11.4 Å². The van der Waals surface area contributed by atoms with Crippen molar-refractivity contribution in [2.45, 2.75) is 11.5 Å². The van der Waals surface area contributed by atoms with Crippen molar-refractivity contribution in [3.05, 3.63) is 115 Å². The van der Waals surface area contributed by atoms with Crippen LogP contribution in [-0.4, -0.2) is 45.6 Å². The number of non-ortho nitro benzene ring substituents is 2. The zero-order chi connectivity index (χ0) is 28.7. The van der Waals surface area contributed by atoms with Crippen LogP contribution in [0.4, 0.5) is 11.4 Å². The minimum absolute atomic E-state index is 0.0256. The lowest BCUT2D eigenvalue weighted by molar-refractivity contribution is -0.385. The molecule has 12 nitrogen and oxygen atoms in total. The van der Waals surface area contributed by atoms with Crippen LogP contribution in [0.3, 0.4) is 0 Å². The van der Waals surface area contributed by atoms with Gasteiger partial charge in [-0.2, -0.15) is 10.2 Å². The van der Waals surface area contributed by atoms with E-state index in [0.717, 1.165) is 22.3 Å². The summed E-state index contributed by atoms with van der Waals surface area (Å²) >= 11 is 2.74. The molecule has 0 bridgehead atoms. The fraction of sp³-hybridized carbons (Fsp3) is 0.154. The summed E-state index contributed by atoms with van der Waals surface area (Å²) in [6.07, 6.45) is 3.01. The van der Waals surface area contributed by atoms with Crippen LogP contribution in [0.1, 0.15) is 22.3 Å². The van der Waals surface area contributed by atoms with E-state index in [-0.39, 0.29) is 34.7 Å². The highest BCUT2D eigenvalue weighted by atomic mass is 32.2. The van der Waals surface area contributed by atoms with Gasteiger partial charge in [0.1, 0.15) is 0 Å². The molecular weight excluding hydrogens is 556 g/mol. The van der Waals surface area contributed by atoms with Crippen LogP contribution in [0.25, 0.3) is 0 Å². The Balaban J connectivity index is 1.31. The van der Waals surface area contributed by atoms with E-state index in [1.54, 1.807) is 48.5 Å². The number of carbonyl (C=O) groups excluding carboxylic acids is 2. The smallest absolute Gasteiger partial charge is 0.269 e. The summed E-state index contributed by atoms with van der Waals surface area (Å²) in [5, 5.41) is 29.2. The molecule has 2 N–H and O–H groups in total. The molecule has 40 heavy (non-hydrogen) atoms. The molecule has 0 radical (unpaired) electrons. The van der Waals surface area contributed by atoms with Crippen LogP contribution in [0, 0.1) is 20.2 Å².